The molecule has 0 aliphatic carbocycles. The third-order valence-corrected chi connectivity index (χ3v) is 2.73. The maximum Gasteiger partial charge on any atom is 0.0899 e. The first kappa shape index (κ1) is 14.2. The van der Waals surface area contributed by atoms with Crippen molar-refractivity contribution in [2.45, 2.75) is 18.9 Å². The van der Waals surface area contributed by atoms with E-state index in [1.807, 2.05) is 13.1 Å². The van der Waals surface area contributed by atoms with Gasteiger partial charge in [-0.1, -0.05) is 30.3 Å². The lowest BCUT2D eigenvalue weighted by Gasteiger charge is -2.19. The Kier molecular flexibility index (Phi) is 6.86. The van der Waals surface area contributed by atoms with Gasteiger partial charge >= 0.3 is 0 Å². The highest BCUT2D eigenvalue weighted by Crippen LogP contribution is 2.03. The summed E-state index contributed by atoms with van der Waals surface area (Å²) < 4.78 is 4.90. The van der Waals surface area contributed by atoms with Gasteiger partial charge in [0.25, 0.3) is 0 Å². The van der Waals surface area contributed by atoms with E-state index in [-0.39, 0.29) is 6.10 Å². The van der Waals surface area contributed by atoms with Crippen LogP contribution in [-0.4, -0.2) is 50.0 Å². The minimum atomic E-state index is -0.387. The van der Waals surface area contributed by atoms with Gasteiger partial charge in [-0.2, -0.15) is 0 Å². The van der Waals surface area contributed by atoms with Crippen LogP contribution < -0.4 is 0 Å². The zero-order valence-electron chi connectivity index (χ0n) is 10.8. The molecule has 0 radical (unpaired) electrons. The number of hydrogen-bond acceptors (Lipinski definition) is 3. The van der Waals surface area contributed by atoms with Crippen LogP contribution in [0.25, 0.3) is 0 Å². The fourth-order valence-corrected chi connectivity index (χ4v) is 1.89. The van der Waals surface area contributed by atoms with Crippen molar-refractivity contribution in [3.8, 4) is 0 Å². The predicted molar refractivity (Wildman–Crippen MR) is 70.1 cm³/mol. The van der Waals surface area contributed by atoms with E-state index in [9.17, 15) is 5.11 Å². The highest BCUT2D eigenvalue weighted by Gasteiger charge is 2.07. The molecule has 1 N–H and O–H groups in total. The van der Waals surface area contributed by atoms with Gasteiger partial charge in [0.05, 0.1) is 12.7 Å². The molecule has 0 fully saturated rings. The molecule has 0 bridgehead atoms. The van der Waals surface area contributed by atoms with E-state index >= 15 is 0 Å². The Hall–Kier alpha value is -0.900. The molecule has 0 aromatic heterocycles. The standard InChI is InChI=1S/C14H23NO2/c1-15(11-14(16)12-17-2)10-6-9-13-7-4-3-5-8-13/h3-5,7-8,14,16H,6,9-12H2,1-2H3. The van der Waals surface area contributed by atoms with Crippen LogP contribution in [-0.2, 0) is 11.2 Å². The van der Waals surface area contributed by atoms with Crippen molar-refractivity contribution in [1.29, 1.82) is 0 Å². The quantitative estimate of drug-likeness (QED) is 0.745. The first-order valence-corrected chi connectivity index (χ1v) is 6.12. The number of rotatable bonds is 8. The van der Waals surface area contributed by atoms with E-state index in [1.54, 1.807) is 7.11 Å². The van der Waals surface area contributed by atoms with Crippen molar-refractivity contribution in [3.63, 3.8) is 0 Å². The number of aliphatic hydroxyl groups excluding tert-OH is 1. The zero-order chi connectivity index (χ0) is 12.5. The lowest BCUT2D eigenvalue weighted by molar-refractivity contribution is 0.0431. The molecule has 1 rings (SSSR count). The van der Waals surface area contributed by atoms with E-state index in [2.05, 4.69) is 29.2 Å². The third-order valence-electron chi connectivity index (χ3n) is 2.73. The Morgan fingerprint density at radius 3 is 2.65 bits per heavy atom. The minimum Gasteiger partial charge on any atom is -0.389 e. The minimum absolute atomic E-state index is 0.387. The van der Waals surface area contributed by atoms with E-state index < -0.39 is 0 Å². The monoisotopic (exact) mass is 237 g/mol. The van der Waals surface area contributed by atoms with Crippen molar-refractivity contribution in [2.75, 3.05) is 33.9 Å². The molecule has 3 nitrogen and oxygen atoms in total. The van der Waals surface area contributed by atoms with Gasteiger partial charge in [-0.3, -0.25) is 0 Å². The molecule has 1 atom stereocenters. The van der Waals surface area contributed by atoms with Crippen LogP contribution in [0.2, 0.25) is 0 Å². The van der Waals surface area contributed by atoms with Crippen LogP contribution in [0.15, 0.2) is 30.3 Å². The van der Waals surface area contributed by atoms with Crippen LogP contribution in [0, 0.1) is 0 Å². The SMILES string of the molecule is COCC(O)CN(C)CCCc1ccccc1. The van der Waals surface area contributed by atoms with Gasteiger partial charge in [-0.25, -0.2) is 0 Å². The second kappa shape index (κ2) is 8.23. The molecule has 0 amide bonds. The van der Waals surface area contributed by atoms with Crippen molar-refractivity contribution in [3.05, 3.63) is 35.9 Å². The topological polar surface area (TPSA) is 32.7 Å². The summed E-state index contributed by atoms with van der Waals surface area (Å²) in [6, 6.07) is 10.5. The largest absolute Gasteiger partial charge is 0.389 e. The van der Waals surface area contributed by atoms with Crippen LogP contribution in [0.5, 0.6) is 0 Å². The van der Waals surface area contributed by atoms with Crippen molar-refractivity contribution < 1.29 is 9.84 Å². The van der Waals surface area contributed by atoms with Gasteiger partial charge < -0.3 is 14.7 Å². The molecule has 0 spiro atoms. The summed E-state index contributed by atoms with van der Waals surface area (Å²) in [5.41, 5.74) is 1.37. The lowest BCUT2D eigenvalue weighted by atomic mass is 10.1. The Balaban J connectivity index is 2.14. The Labute approximate surface area is 104 Å². The fourth-order valence-electron chi connectivity index (χ4n) is 1.89. The number of aliphatic hydroxyl groups is 1. The van der Waals surface area contributed by atoms with E-state index in [1.165, 1.54) is 5.56 Å². The van der Waals surface area contributed by atoms with E-state index in [0.29, 0.717) is 13.2 Å². The average Bonchev–Trinajstić information content (AvgIpc) is 2.30. The van der Waals surface area contributed by atoms with Gasteiger partial charge in [-0.05, 0) is 32.0 Å². The van der Waals surface area contributed by atoms with Gasteiger partial charge in [0.2, 0.25) is 0 Å². The van der Waals surface area contributed by atoms with Gasteiger partial charge in [0.15, 0.2) is 0 Å². The maximum absolute atomic E-state index is 9.57. The lowest BCUT2D eigenvalue weighted by Crippen LogP contribution is -2.32. The maximum atomic E-state index is 9.57. The Bertz CT molecular complexity index is 290. The summed E-state index contributed by atoms with van der Waals surface area (Å²) in [5.74, 6) is 0. The number of likely N-dealkylation sites (N-methyl/N-ethyl adjacent to an activating group) is 1. The smallest absolute Gasteiger partial charge is 0.0899 e. The number of nitrogens with zero attached hydrogens (tertiary/aromatic N) is 1. The first-order valence-electron chi connectivity index (χ1n) is 6.12. The molecule has 17 heavy (non-hydrogen) atoms. The highest BCUT2D eigenvalue weighted by atomic mass is 16.5. The fraction of sp³-hybridized carbons (Fsp3) is 0.571. The Morgan fingerprint density at radius 1 is 1.29 bits per heavy atom. The van der Waals surface area contributed by atoms with Crippen molar-refractivity contribution in [2.24, 2.45) is 0 Å². The molecule has 3 heteroatoms. The molecule has 0 saturated carbocycles. The summed E-state index contributed by atoms with van der Waals surface area (Å²) in [6.07, 6.45) is 1.81. The number of methoxy groups -OCH3 is 1. The predicted octanol–water partition coefficient (Wildman–Crippen LogP) is 1.56. The first-order chi connectivity index (χ1) is 8.22. The molecule has 1 unspecified atom stereocenters. The number of ether oxygens (including phenoxy) is 1. The summed E-state index contributed by atoms with van der Waals surface area (Å²) in [7, 11) is 3.64. The molecule has 0 heterocycles. The second-order valence-corrected chi connectivity index (χ2v) is 4.46. The second-order valence-electron chi connectivity index (χ2n) is 4.46. The molecule has 0 saturated heterocycles. The summed E-state index contributed by atoms with van der Waals surface area (Å²) in [4.78, 5) is 2.15. The van der Waals surface area contributed by atoms with Gasteiger partial charge in [-0.15, -0.1) is 0 Å². The molecule has 1 aromatic rings. The molecule has 0 aliphatic rings. The molecule has 1 aromatic carbocycles. The van der Waals surface area contributed by atoms with E-state index in [0.717, 1.165) is 19.4 Å². The van der Waals surface area contributed by atoms with Crippen molar-refractivity contribution >= 4 is 0 Å². The molecule has 0 aliphatic heterocycles. The average molecular weight is 237 g/mol. The molecule has 96 valence electrons. The number of benzene rings is 1. The van der Waals surface area contributed by atoms with Crippen LogP contribution in [0.4, 0.5) is 0 Å². The zero-order valence-corrected chi connectivity index (χ0v) is 10.8. The van der Waals surface area contributed by atoms with Crippen LogP contribution >= 0.6 is 0 Å². The normalized spacial score (nSPS) is 12.9. The van der Waals surface area contributed by atoms with E-state index in [4.69, 9.17) is 4.74 Å². The van der Waals surface area contributed by atoms with Crippen LogP contribution in [0.3, 0.4) is 0 Å². The Morgan fingerprint density at radius 2 is 2.00 bits per heavy atom. The summed E-state index contributed by atoms with van der Waals surface area (Å²) in [6.45, 7) is 2.07. The van der Waals surface area contributed by atoms with Crippen LogP contribution in [0.1, 0.15) is 12.0 Å². The summed E-state index contributed by atoms with van der Waals surface area (Å²) in [5, 5.41) is 9.57. The summed E-state index contributed by atoms with van der Waals surface area (Å²) >= 11 is 0. The third kappa shape index (κ3) is 6.41. The molecular formula is C14H23NO2. The number of hydrogen-bond donors (Lipinski definition) is 1. The number of aryl methyl sites for hydroxylation is 1. The highest BCUT2D eigenvalue weighted by molar-refractivity contribution is 5.14. The van der Waals surface area contributed by atoms with Gasteiger partial charge in [0, 0.05) is 13.7 Å². The van der Waals surface area contributed by atoms with Crippen molar-refractivity contribution in [1.82, 2.24) is 4.90 Å². The molecular weight excluding hydrogens is 214 g/mol. The van der Waals surface area contributed by atoms with Gasteiger partial charge in [0.1, 0.15) is 0 Å².